The number of carbonyl (C=O) groups is 4. The van der Waals surface area contributed by atoms with Crippen molar-refractivity contribution in [3.8, 4) is 0 Å². The van der Waals surface area contributed by atoms with Gasteiger partial charge < -0.3 is 155 Å². The standard InChI is InChI=1S/C44H74N4O31/c1-11(54)45-21-31(64)35(18(8-52)70-39(21)68)76-44-34(67)38(79-42-23(47-13(3)56)30(63)26(59)16(6-50)72-42)28(61)20(75-44)10-69-40-24(48-14(4)57)32(65)36(19(9-53)74-40)77-43-33(66)37(27(60)17(7-51)73-43)78-41-22(46-12(2)55)29(62)25(58)15(5-49)71-41/h15-44,49-53,58-68H,5-10H2,1-4H3,(H,45,54)(H,46,55)(H,47,56)(H,48,57)/t15-,16-,17-,18-,19-,20-,21-,22-,23-,24-,25-,26-,27+,28+,29-,30-,31-,32-,33-,34-,35-,36-,37+,38+,39-,40-,41+,42+,43+,44+/m1/s1. The Bertz CT molecular complexity index is 1990. The fourth-order valence-corrected chi connectivity index (χ4v) is 10.0. The van der Waals surface area contributed by atoms with E-state index in [1.165, 1.54) is 0 Å². The Hall–Kier alpha value is -3.20. The van der Waals surface area contributed by atoms with E-state index in [0.717, 1.165) is 27.7 Å². The van der Waals surface area contributed by atoms with E-state index in [1.54, 1.807) is 0 Å². The molecule has 0 aromatic carbocycles. The molecule has 6 heterocycles. The van der Waals surface area contributed by atoms with Crippen molar-refractivity contribution < 1.29 is 153 Å². The highest BCUT2D eigenvalue weighted by Gasteiger charge is 2.57. The zero-order valence-corrected chi connectivity index (χ0v) is 42.8. The quantitative estimate of drug-likeness (QED) is 0.0538. The molecule has 35 heteroatoms. The van der Waals surface area contributed by atoms with Gasteiger partial charge in [-0.3, -0.25) is 19.2 Å². The number of aliphatic hydroxyl groups excluding tert-OH is 16. The molecule has 0 bridgehead atoms. The molecular weight excluding hydrogens is 1080 g/mol. The SMILES string of the molecule is CC(=O)N[C@@H]1[C@@H](O)[C@H](O[C@@H]2O[C@H](CO[C@@H]3O[C@H](CO)[C@@H](O[C@@H]4O[C@H](CO)[C@H](O)[C@H](O[C@@H]5O[C@H](CO)[C@@H](O)[C@H](O)[C@H]5NC(C)=O)[C@H]4O)[C@H](O)[C@H]3NC(C)=O)[C@H](O)[C@H](O[C@@H]3O[C@H](CO)[C@@H](O)[C@H](O)[C@H]3NC(C)=O)[C@H]2O)[C@@H](CO)O[C@H]1O. The largest absolute Gasteiger partial charge is 0.394 e. The molecule has 4 amide bonds. The van der Waals surface area contributed by atoms with Gasteiger partial charge in [-0.15, -0.1) is 0 Å². The third-order valence-corrected chi connectivity index (χ3v) is 14.0. The third kappa shape index (κ3) is 14.8. The average molecular weight is 1160 g/mol. The highest BCUT2D eigenvalue weighted by atomic mass is 16.8. The number of aliphatic hydroxyl groups is 16. The summed E-state index contributed by atoms with van der Waals surface area (Å²) >= 11 is 0. The fraction of sp³-hybridized carbons (Fsp3) is 0.909. The number of hydrogen-bond acceptors (Lipinski definition) is 31. The lowest BCUT2D eigenvalue weighted by Crippen LogP contribution is -2.70. The summed E-state index contributed by atoms with van der Waals surface area (Å²) in [4.78, 5) is 49.1. The Morgan fingerprint density at radius 3 is 1.04 bits per heavy atom. The molecule has 6 aliphatic heterocycles. The summed E-state index contributed by atoms with van der Waals surface area (Å²) < 4.78 is 63.9. The van der Waals surface area contributed by atoms with Crippen molar-refractivity contribution in [2.24, 2.45) is 0 Å². The molecule has 0 spiro atoms. The second-order valence-corrected chi connectivity index (χ2v) is 19.7. The molecule has 6 saturated heterocycles. The van der Waals surface area contributed by atoms with Crippen molar-refractivity contribution in [1.29, 1.82) is 0 Å². The second kappa shape index (κ2) is 28.4. The highest BCUT2D eigenvalue weighted by Crippen LogP contribution is 2.36. The molecule has 0 unspecified atom stereocenters. The number of amides is 4. The van der Waals surface area contributed by atoms with Crippen LogP contribution in [-0.4, -0.2) is 329 Å². The summed E-state index contributed by atoms with van der Waals surface area (Å²) in [6.07, 6.45) is -48.9. The molecule has 20 N–H and O–H groups in total. The molecule has 6 rings (SSSR count). The van der Waals surface area contributed by atoms with Crippen LogP contribution >= 0.6 is 0 Å². The minimum atomic E-state index is -2.21. The van der Waals surface area contributed by atoms with Crippen LogP contribution in [0.4, 0.5) is 0 Å². The van der Waals surface area contributed by atoms with Crippen LogP contribution in [0.5, 0.6) is 0 Å². The Morgan fingerprint density at radius 2 is 0.633 bits per heavy atom. The Kier molecular flexibility index (Phi) is 23.3. The van der Waals surface area contributed by atoms with Crippen LogP contribution in [0.2, 0.25) is 0 Å². The van der Waals surface area contributed by atoms with E-state index in [2.05, 4.69) is 21.3 Å². The molecule has 6 fully saturated rings. The van der Waals surface area contributed by atoms with Crippen molar-refractivity contribution in [3.05, 3.63) is 0 Å². The minimum absolute atomic E-state index is 0.749. The first kappa shape index (κ1) is 65.0. The highest BCUT2D eigenvalue weighted by molar-refractivity contribution is 5.74. The van der Waals surface area contributed by atoms with Gasteiger partial charge in [0.05, 0.1) is 39.6 Å². The molecule has 0 saturated carbocycles. The van der Waals surface area contributed by atoms with Gasteiger partial charge in [0.15, 0.2) is 37.7 Å². The lowest BCUT2D eigenvalue weighted by atomic mass is 9.94. The van der Waals surface area contributed by atoms with Crippen LogP contribution < -0.4 is 21.3 Å². The second-order valence-electron chi connectivity index (χ2n) is 19.7. The molecule has 0 radical (unpaired) electrons. The third-order valence-electron chi connectivity index (χ3n) is 14.0. The Morgan fingerprint density at radius 1 is 0.329 bits per heavy atom. The molecule has 456 valence electrons. The number of nitrogens with one attached hydrogen (secondary N) is 4. The number of rotatable bonds is 20. The van der Waals surface area contributed by atoms with Gasteiger partial charge in [-0.05, 0) is 0 Å². The normalized spacial score (nSPS) is 46.7. The maximum absolute atomic E-state index is 12.7. The van der Waals surface area contributed by atoms with Crippen LogP contribution in [-0.2, 0) is 71.3 Å². The number of hydrogen-bond donors (Lipinski definition) is 20. The molecule has 0 aliphatic carbocycles. The van der Waals surface area contributed by atoms with Crippen molar-refractivity contribution in [3.63, 3.8) is 0 Å². The van der Waals surface area contributed by atoms with Gasteiger partial charge in [-0.1, -0.05) is 0 Å². The van der Waals surface area contributed by atoms with Crippen LogP contribution in [0.1, 0.15) is 27.7 Å². The van der Waals surface area contributed by atoms with Crippen molar-refractivity contribution in [1.82, 2.24) is 21.3 Å². The molecule has 35 nitrogen and oxygen atoms in total. The summed E-state index contributed by atoms with van der Waals surface area (Å²) in [5.41, 5.74) is 0. The maximum atomic E-state index is 12.7. The predicted octanol–water partition coefficient (Wildman–Crippen LogP) is -13.5. The van der Waals surface area contributed by atoms with E-state index >= 15 is 0 Å². The summed E-state index contributed by atoms with van der Waals surface area (Å²) in [5, 5.41) is 183. The summed E-state index contributed by atoms with van der Waals surface area (Å²) in [6, 6.07) is -6.59. The predicted molar refractivity (Wildman–Crippen MR) is 246 cm³/mol. The zero-order chi connectivity index (χ0) is 58.5. The number of carbonyl (C=O) groups excluding carboxylic acids is 4. The van der Waals surface area contributed by atoms with Crippen LogP contribution in [0, 0.1) is 0 Å². The number of ether oxygens (including phenoxy) is 11. The van der Waals surface area contributed by atoms with Crippen molar-refractivity contribution >= 4 is 23.6 Å². The average Bonchev–Trinajstić information content (AvgIpc) is 3.39. The molecule has 79 heavy (non-hydrogen) atoms. The first-order chi connectivity index (χ1) is 37.3. The molecule has 0 aromatic rings. The first-order valence-electron chi connectivity index (χ1n) is 25.1. The van der Waals surface area contributed by atoms with Gasteiger partial charge in [-0.25, -0.2) is 0 Å². The molecule has 0 aromatic heterocycles. The van der Waals surface area contributed by atoms with E-state index in [1.807, 2.05) is 0 Å². The maximum Gasteiger partial charge on any atom is 0.217 e. The van der Waals surface area contributed by atoms with Gasteiger partial charge >= 0.3 is 0 Å². The molecule has 30 atom stereocenters. The molecule has 6 aliphatic rings. The van der Waals surface area contributed by atoms with Gasteiger partial charge in [0.25, 0.3) is 0 Å². The van der Waals surface area contributed by atoms with Crippen molar-refractivity contribution in [2.75, 3.05) is 39.6 Å². The molecular formula is C44H74N4O31. The van der Waals surface area contributed by atoms with Gasteiger partial charge in [0.1, 0.15) is 146 Å². The van der Waals surface area contributed by atoms with Crippen LogP contribution in [0.3, 0.4) is 0 Å². The van der Waals surface area contributed by atoms with E-state index in [0.29, 0.717) is 0 Å². The van der Waals surface area contributed by atoms with E-state index in [9.17, 15) is 101 Å². The summed E-state index contributed by atoms with van der Waals surface area (Å²) in [7, 11) is 0. The zero-order valence-electron chi connectivity index (χ0n) is 42.8. The topological polar surface area (TPSA) is 542 Å². The van der Waals surface area contributed by atoms with Crippen LogP contribution in [0.25, 0.3) is 0 Å². The Balaban J connectivity index is 1.26. The van der Waals surface area contributed by atoms with Crippen LogP contribution in [0.15, 0.2) is 0 Å². The Labute approximate surface area is 448 Å². The minimum Gasteiger partial charge on any atom is -0.394 e. The lowest BCUT2D eigenvalue weighted by molar-refractivity contribution is -0.377. The van der Waals surface area contributed by atoms with E-state index < -0.39 is 247 Å². The van der Waals surface area contributed by atoms with Gasteiger partial charge in [0, 0.05) is 27.7 Å². The van der Waals surface area contributed by atoms with E-state index in [-0.39, 0.29) is 0 Å². The monoisotopic (exact) mass is 1150 g/mol. The van der Waals surface area contributed by atoms with Gasteiger partial charge in [-0.2, -0.15) is 0 Å². The fourth-order valence-electron chi connectivity index (χ4n) is 10.0. The van der Waals surface area contributed by atoms with Crippen molar-refractivity contribution in [2.45, 2.75) is 212 Å². The lowest BCUT2D eigenvalue weighted by Gasteiger charge is -2.50. The summed E-state index contributed by atoms with van der Waals surface area (Å²) in [5.74, 6) is -3.13. The van der Waals surface area contributed by atoms with Gasteiger partial charge in [0.2, 0.25) is 23.6 Å². The summed E-state index contributed by atoms with van der Waals surface area (Å²) in [6.45, 7) is -1.56. The first-order valence-corrected chi connectivity index (χ1v) is 25.1. The van der Waals surface area contributed by atoms with E-state index in [4.69, 9.17) is 52.1 Å². The smallest absolute Gasteiger partial charge is 0.217 e.